The molecular formula is C13H14O3. The minimum atomic E-state index is -0.365. The van der Waals surface area contributed by atoms with Gasteiger partial charge >= 0.3 is 5.97 Å². The quantitative estimate of drug-likeness (QED) is 0.434. The number of carbonyl (C=O) groups excluding carboxylic acids is 1. The Morgan fingerprint density at radius 3 is 2.56 bits per heavy atom. The van der Waals surface area contributed by atoms with E-state index in [1.165, 1.54) is 14.0 Å². The maximum Gasteiger partial charge on any atom is 0.308 e. The first-order chi connectivity index (χ1) is 7.58. The van der Waals surface area contributed by atoms with Crippen molar-refractivity contribution in [3.63, 3.8) is 0 Å². The van der Waals surface area contributed by atoms with Crippen LogP contribution in [0.4, 0.5) is 0 Å². The summed E-state index contributed by atoms with van der Waals surface area (Å²) in [6.07, 6.45) is 0. The van der Waals surface area contributed by atoms with Crippen LogP contribution in [0, 0.1) is 18.8 Å². The standard InChI is InChI=1S/C13H14O3/c1-5-6-11-7-9(2)13(16-10(3)14)12(8-11)15-4/h7-8H,1-4H3. The van der Waals surface area contributed by atoms with Crippen LogP contribution in [-0.2, 0) is 4.79 Å². The van der Waals surface area contributed by atoms with E-state index in [1.807, 2.05) is 13.0 Å². The highest BCUT2D eigenvalue weighted by atomic mass is 16.6. The number of methoxy groups -OCH3 is 1. The van der Waals surface area contributed by atoms with Crippen molar-refractivity contribution in [3.8, 4) is 23.3 Å². The lowest BCUT2D eigenvalue weighted by molar-refractivity contribution is -0.132. The summed E-state index contributed by atoms with van der Waals surface area (Å²) in [5.74, 6) is 6.35. The third-order valence-electron chi connectivity index (χ3n) is 1.98. The van der Waals surface area contributed by atoms with Crippen LogP contribution in [0.25, 0.3) is 0 Å². The number of rotatable bonds is 2. The lowest BCUT2D eigenvalue weighted by atomic mass is 10.1. The largest absolute Gasteiger partial charge is 0.493 e. The molecule has 0 aliphatic heterocycles. The van der Waals surface area contributed by atoms with Crippen LogP contribution in [0.5, 0.6) is 11.5 Å². The molecule has 16 heavy (non-hydrogen) atoms. The fourth-order valence-corrected chi connectivity index (χ4v) is 1.38. The minimum absolute atomic E-state index is 0.365. The highest BCUT2D eigenvalue weighted by molar-refractivity contribution is 5.71. The van der Waals surface area contributed by atoms with Crippen LogP contribution >= 0.6 is 0 Å². The van der Waals surface area contributed by atoms with Crippen molar-refractivity contribution >= 4 is 5.97 Å². The Bertz CT molecular complexity index is 464. The Labute approximate surface area is 95.4 Å². The lowest BCUT2D eigenvalue weighted by Crippen LogP contribution is -2.05. The number of hydrogen-bond donors (Lipinski definition) is 0. The molecule has 0 fully saturated rings. The van der Waals surface area contributed by atoms with Crippen LogP contribution in [0.15, 0.2) is 12.1 Å². The Balaban J connectivity index is 3.26. The molecule has 1 aromatic rings. The van der Waals surface area contributed by atoms with Gasteiger partial charge in [0, 0.05) is 12.5 Å². The second-order valence-electron chi connectivity index (χ2n) is 3.29. The molecule has 0 amide bonds. The maximum atomic E-state index is 10.9. The number of benzene rings is 1. The molecule has 3 heteroatoms. The van der Waals surface area contributed by atoms with Crippen molar-refractivity contribution in [3.05, 3.63) is 23.3 Å². The molecule has 0 aromatic heterocycles. The van der Waals surface area contributed by atoms with Crippen LogP contribution in [-0.4, -0.2) is 13.1 Å². The smallest absolute Gasteiger partial charge is 0.308 e. The normalized spacial score (nSPS) is 9.00. The molecule has 1 aromatic carbocycles. The average Bonchev–Trinajstić information content (AvgIpc) is 2.21. The molecule has 0 N–H and O–H groups in total. The number of esters is 1. The Hall–Kier alpha value is -1.95. The molecule has 0 unspecified atom stereocenters. The number of ether oxygens (including phenoxy) is 2. The van der Waals surface area contributed by atoms with E-state index in [0.29, 0.717) is 11.5 Å². The van der Waals surface area contributed by atoms with Crippen LogP contribution in [0.2, 0.25) is 0 Å². The predicted molar refractivity (Wildman–Crippen MR) is 61.6 cm³/mol. The van der Waals surface area contributed by atoms with Crippen molar-refractivity contribution in [2.45, 2.75) is 20.8 Å². The molecule has 0 aliphatic rings. The summed E-state index contributed by atoms with van der Waals surface area (Å²) >= 11 is 0. The first-order valence-corrected chi connectivity index (χ1v) is 4.88. The summed E-state index contributed by atoms with van der Waals surface area (Å²) in [5.41, 5.74) is 1.67. The fraction of sp³-hybridized carbons (Fsp3) is 0.308. The summed E-state index contributed by atoms with van der Waals surface area (Å²) in [6.45, 7) is 4.97. The highest BCUT2D eigenvalue weighted by Gasteiger charge is 2.11. The van der Waals surface area contributed by atoms with E-state index >= 15 is 0 Å². The van der Waals surface area contributed by atoms with Gasteiger partial charge in [-0.05, 0) is 31.5 Å². The summed E-state index contributed by atoms with van der Waals surface area (Å²) in [6, 6.07) is 3.61. The molecule has 0 saturated carbocycles. The second-order valence-corrected chi connectivity index (χ2v) is 3.29. The van der Waals surface area contributed by atoms with Gasteiger partial charge in [-0.2, -0.15) is 0 Å². The van der Waals surface area contributed by atoms with E-state index < -0.39 is 0 Å². The fourth-order valence-electron chi connectivity index (χ4n) is 1.38. The van der Waals surface area contributed by atoms with Crippen molar-refractivity contribution in [2.75, 3.05) is 7.11 Å². The van der Waals surface area contributed by atoms with Gasteiger partial charge < -0.3 is 9.47 Å². The Morgan fingerprint density at radius 2 is 2.06 bits per heavy atom. The van der Waals surface area contributed by atoms with Gasteiger partial charge in [0.2, 0.25) is 0 Å². The Kier molecular flexibility index (Phi) is 3.96. The van der Waals surface area contributed by atoms with E-state index in [2.05, 4.69) is 11.8 Å². The topological polar surface area (TPSA) is 35.5 Å². The van der Waals surface area contributed by atoms with E-state index in [-0.39, 0.29) is 5.97 Å². The van der Waals surface area contributed by atoms with Crippen LogP contribution in [0.3, 0.4) is 0 Å². The minimum Gasteiger partial charge on any atom is -0.493 e. The lowest BCUT2D eigenvalue weighted by Gasteiger charge is -2.11. The Morgan fingerprint density at radius 1 is 1.38 bits per heavy atom. The first-order valence-electron chi connectivity index (χ1n) is 4.88. The molecular weight excluding hydrogens is 204 g/mol. The van der Waals surface area contributed by atoms with E-state index in [4.69, 9.17) is 9.47 Å². The molecule has 0 radical (unpaired) electrons. The number of carbonyl (C=O) groups is 1. The zero-order valence-electron chi connectivity index (χ0n) is 9.88. The summed E-state index contributed by atoms with van der Waals surface area (Å²) in [5, 5.41) is 0. The maximum absolute atomic E-state index is 10.9. The van der Waals surface area contributed by atoms with Gasteiger partial charge in [0.05, 0.1) is 7.11 Å². The summed E-state index contributed by atoms with van der Waals surface area (Å²) < 4.78 is 10.3. The monoisotopic (exact) mass is 218 g/mol. The first kappa shape index (κ1) is 12.1. The van der Waals surface area contributed by atoms with E-state index in [1.54, 1.807) is 13.0 Å². The van der Waals surface area contributed by atoms with Gasteiger partial charge in [0.1, 0.15) is 0 Å². The predicted octanol–water partition coefficient (Wildman–Crippen LogP) is 2.30. The average molecular weight is 218 g/mol. The van der Waals surface area contributed by atoms with E-state index in [9.17, 15) is 4.79 Å². The molecule has 0 aliphatic carbocycles. The molecule has 84 valence electrons. The summed E-state index contributed by atoms with van der Waals surface area (Å²) in [7, 11) is 1.53. The highest BCUT2D eigenvalue weighted by Crippen LogP contribution is 2.32. The third kappa shape index (κ3) is 2.77. The van der Waals surface area contributed by atoms with Crippen molar-refractivity contribution in [2.24, 2.45) is 0 Å². The van der Waals surface area contributed by atoms with Gasteiger partial charge in [-0.15, -0.1) is 5.92 Å². The second kappa shape index (κ2) is 5.22. The van der Waals surface area contributed by atoms with Gasteiger partial charge in [0.25, 0.3) is 0 Å². The molecule has 0 saturated heterocycles. The van der Waals surface area contributed by atoms with Crippen molar-refractivity contribution in [1.82, 2.24) is 0 Å². The van der Waals surface area contributed by atoms with Gasteiger partial charge in [-0.1, -0.05) is 5.92 Å². The molecule has 0 atom stereocenters. The molecule has 0 heterocycles. The zero-order chi connectivity index (χ0) is 12.1. The zero-order valence-corrected chi connectivity index (χ0v) is 9.88. The molecule has 3 nitrogen and oxygen atoms in total. The number of hydrogen-bond acceptors (Lipinski definition) is 3. The third-order valence-corrected chi connectivity index (χ3v) is 1.98. The SMILES string of the molecule is CC#Cc1cc(C)c(OC(C)=O)c(OC)c1. The summed E-state index contributed by atoms with van der Waals surface area (Å²) in [4.78, 5) is 10.9. The van der Waals surface area contributed by atoms with Gasteiger partial charge in [0.15, 0.2) is 11.5 Å². The van der Waals surface area contributed by atoms with Gasteiger partial charge in [-0.3, -0.25) is 4.79 Å². The van der Waals surface area contributed by atoms with Gasteiger partial charge in [-0.25, -0.2) is 0 Å². The van der Waals surface area contributed by atoms with Crippen LogP contribution < -0.4 is 9.47 Å². The van der Waals surface area contributed by atoms with Crippen molar-refractivity contribution < 1.29 is 14.3 Å². The molecule has 1 rings (SSSR count). The van der Waals surface area contributed by atoms with E-state index in [0.717, 1.165) is 11.1 Å². The molecule has 0 spiro atoms. The van der Waals surface area contributed by atoms with Crippen molar-refractivity contribution in [1.29, 1.82) is 0 Å². The number of aryl methyl sites for hydroxylation is 1. The molecule has 0 bridgehead atoms. The van der Waals surface area contributed by atoms with Crippen LogP contribution in [0.1, 0.15) is 25.0 Å².